The average molecular weight is 346 g/mol. The summed E-state index contributed by atoms with van der Waals surface area (Å²) in [5, 5.41) is 3.49. The largest absolute Gasteiger partial charge is 0.314 e. The monoisotopic (exact) mass is 344 g/mol. The fraction of sp³-hybridized carbons (Fsp3) is 0.455. The van der Waals surface area contributed by atoms with Crippen molar-refractivity contribution < 1.29 is 8.42 Å². The number of benzene rings is 1. The van der Waals surface area contributed by atoms with E-state index in [2.05, 4.69) is 5.32 Å². The summed E-state index contributed by atoms with van der Waals surface area (Å²) in [5.74, 6) is 0. The lowest BCUT2D eigenvalue weighted by molar-refractivity contribution is 0.284. The average Bonchev–Trinajstić information content (AvgIpc) is 2.32. The molecule has 4 nitrogen and oxygen atoms in total. The summed E-state index contributed by atoms with van der Waals surface area (Å²) >= 11 is 11.9. The van der Waals surface area contributed by atoms with E-state index in [1.54, 1.807) is 12.1 Å². The normalized spacial score (nSPS) is 20.9. The fourth-order valence-electron chi connectivity index (χ4n) is 1.99. The molecule has 0 spiro atoms. The van der Waals surface area contributed by atoms with Crippen LogP contribution in [0.1, 0.15) is 6.92 Å². The third kappa shape index (κ3) is 3.35. The molecule has 0 aliphatic carbocycles. The lowest BCUT2D eigenvalue weighted by atomic mass is 10.3. The molecule has 0 unspecified atom stereocenters. The van der Waals surface area contributed by atoms with Crippen molar-refractivity contribution in [1.29, 1.82) is 0 Å². The second-order valence-corrected chi connectivity index (χ2v) is 6.86. The van der Waals surface area contributed by atoms with Crippen molar-refractivity contribution >= 4 is 45.6 Å². The summed E-state index contributed by atoms with van der Waals surface area (Å²) in [6.07, 6.45) is 0. The van der Waals surface area contributed by atoms with Crippen LogP contribution >= 0.6 is 35.6 Å². The van der Waals surface area contributed by atoms with Gasteiger partial charge in [-0.05, 0) is 19.1 Å². The minimum atomic E-state index is -3.59. The van der Waals surface area contributed by atoms with Crippen LogP contribution < -0.4 is 5.32 Å². The number of piperazine rings is 1. The summed E-state index contributed by atoms with van der Waals surface area (Å²) in [4.78, 5) is 0.0745. The van der Waals surface area contributed by atoms with E-state index in [1.165, 1.54) is 10.4 Å². The maximum atomic E-state index is 12.5. The van der Waals surface area contributed by atoms with Gasteiger partial charge in [-0.1, -0.05) is 29.3 Å². The summed E-state index contributed by atoms with van der Waals surface area (Å²) < 4.78 is 26.5. The maximum absolute atomic E-state index is 12.5. The Morgan fingerprint density at radius 1 is 1.37 bits per heavy atom. The van der Waals surface area contributed by atoms with Crippen LogP contribution in [0.25, 0.3) is 0 Å². The van der Waals surface area contributed by atoms with Crippen LogP contribution in [0.2, 0.25) is 10.0 Å². The van der Waals surface area contributed by atoms with Gasteiger partial charge in [0.1, 0.15) is 4.90 Å². The Balaban J connectivity index is 0.00000180. The summed E-state index contributed by atoms with van der Waals surface area (Å²) in [6, 6.07) is 4.55. The number of nitrogens with one attached hydrogen (secondary N) is 1. The molecule has 1 aromatic rings. The van der Waals surface area contributed by atoms with Gasteiger partial charge in [-0.2, -0.15) is 4.31 Å². The second-order valence-electron chi connectivity index (χ2n) is 4.22. The molecule has 0 saturated carbocycles. The molecule has 0 bridgehead atoms. The number of nitrogens with zero attached hydrogens (tertiary/aromatic N) is 1. The molecule has 1 atom stereocenters. The zero-order valence-corrected chi connectivity index (χ0v) is 13.4. The first-order chi connectivity index (χ1) is 8.44. The molecule has 1 saturated heterocycles. The molecule has 0 aromatic heterocycles. The Kier molecular flexibility index (Phi) is 5.92. The minimum Gasteiger partial charge on any atom is -0.314 e. The van der Waals surface area contributed by atoms with Gasteiger partial charge >= 0.3 is 0 Å². The minimum absolute atomic E-state index is 0. The number of hydrogen-bond acceptors (Lipinski definition) is 3. The molecule has 1 N–H and O–H groups in total. The van der Waals surface area contributed by atoms with Gasteiger partial charge in [0.25, 0.3) is 0 Å². The third-order valence-electron chi connectivity index (χ3n) is 2.94. The molecule has 8 heteroatoms. The number of hydrogen-bond donors (Lipinski definition) is 1. The lowest BCUT2D eigenvalue weighted by Crippen LogP contribution is -2.52. The summed E-state index contributed by atoms with van der Waals surface area (Å²) in [6.45, 7) is 3.58. The van der Waals surface area contributed by atoms with Crippen molar-refractivity contribution in [1.82, 2.24) is 9.62 Å². The highest BCUT2D eigenvalue weighted by Crippen LogP contribution is 2.31. The van der Waals surface area contributed by atoms with Gasteiger partial charge in [-0.25, -0.2) is 8.42 Å². The predicted octanol–water partition coefficient (Wildman–Crippen LogP) is 2.40. The first kappa shape index (κ1) is 17.0. The van der Waals surface area contributed by atoms with E-state index in [1.807, 2.05) is 6.92 Å². The van der Waals surface area contributed by atoms with Gasteiger partial charge in [0.05, 0.1) is 10.0 Å². The predicted molar refractivity (Wildman–Crippen MR) is 79.9 cm³/mol. The molecule has 0 amide bonds. The van der Waals surface area contributed by atoms with Crippen molar-refractivity contribution in [3.8, 4) is 0 Å². The molecule has 108 valence electrons. The van der Waals surface area contributed by atoms with Crippen LogP contribution in [0.15, 0.2) is 23.1 Å². The van der Waals surface area contributed by atoms with Crippen molar-refractivity contribution in [3.63, 3.8) is 0 Å². The molecule has 1 aromatic carbocycles. The first-order valence-electron chi connectivity index (χ1n) is 5.61. The van der Waals surface area contributed by atoms with Crippen molar-refractivity contribution in [2.75, 3.05) is 19.6 Å². The van der Waals surface area contributed by atoms with E-state index in [0.717, 1.165) is 0 Å². The van der Waals surface area contributed by atoms with E-state index in [9.17, 15) is 8.42 Å². The summed E-state index contributed by atoms with van der Waals surface area (Å²) in [7, 11) is -3.59. The van der Waals surface area contributed by atoms with E-state index in [4.69, 9.17) is 23.2 Å². The van der Waals surface area contributed by atoms with Crippen molar-refractivity contribution in [2.24, 2.45) is 0 Å². The Hall–Kier alpha value is -0.0400. The lowest BCUT2D eigenvalue weighted by Gasteiger charge is -2.33. The van der Waals surface area contributed by atoms with Gasteiger partial charge < -0.3 is 5.32 Å². The molecule has 0 radical (unpaired) electrons. The molecule has 2 rings (SSSR count). The second kappa shape index (κ2) is 6.61. The van der Waals surface area contributed by atoms with Crippen LogP contribution in [-0.4, -0.2) is 38.4 Å². The maximum Gasteiger partial charge on any atom is 0.244 e. The Labute approximate surface area is 129 Å². The van der Waals surface area contributed by atoms with Crippen LogP contribution in [-0.2, 0) is 10.0 Å². The standard InChI is InChI=1S/C11H14Cl2N2O2S.ClH/c1-8-7-14-5-6-15(8)18(16,17)10-4-2-3-9(12)11(10)13;/h2-4,8,14H,5-7H2,1H3;1H/t8-;/m0./s1. The quantitative estimate of drug-likeness (QED) is 0.895. The number of rotatable bonds is 2. The van der Waals surface area contributed by atoms with Gasteiger partial charge in [-0.3, -0.25) is 0 Å². The Bertz CT molecular complexity index is 551. The van der Waals surface area contributed by atoms with Crippen molar-refractivity contribution in [2.45, 2.75) is 17.9 Å². The highest BCUT2D eigenvalue weighted by atomic mass is 35.5. The summed E-state index contributed by atoms with van der Waals surface area (Å²) in [5.41, 5.74) is 0. The van der Waals surface area contributed by atoms with Crippen molar-refractivity contribution in [3.05, 3.63) is 28.2 Å². The Morgan fingerprint density at radius 2 is 2.05 bits per heavy atom. The third-order valence-corrected chi connectivity index (χ3v) is 5.93. The SMILES string of the molecule is C[C@H]1CNCCN1S(=O)(=O)c1cccc(Cl)c1Cl.Cl. The molecule has 19 heavy (non-hydrogen) atoms. The smallest absolute Gasteiger partial charge is 0.244 e. The van der Waals surface area contributed by atoms with E-state index >= 15 is 0 Å². The fourth-order valence-corrected chi connectivity index (χ4v) is 4.36. The van der Waals surface area contributed by atoms with Crippen LogP contribution in [0.5, 0.6) is 0 Å². The zero-order chi connectivity index (χ0) is 13.3. The zero-order valence-electron chi connectivity index (χ0n) is 10.3. The first-order valence-corrected chi connectivity index (χ1v) is 7.81. The number of sulfonamides is 1. The van der Waals surface area contributed by atoms with Crippen LogP contribution in [0, 0.1) is 0 Å². The molecule has 1 aliphatic heterocycles. The van der Waals surface area contributed by atoms with Gasteiger partial charge in [-0.15, -0.1) is 12.4 Å². The molecule has 1 heterocycles. The van der Waals surface area contributed by atoms with E-state index in [0.29, 0.717) is 19.6 Å². The topological polar surface area (TPSA) is 49.4 Å². The Morgan fingerprint density at radius 3 is 2.68 bits per heavy atom. The van der Waals surface area contributed by atoms with Crippen LogP contribution in [0.3, 0.4) is 0 Å². The molecule has 1 fully saturated rings. The molecular weight excluding hydrogens is 331 g/mol. The van der Waals surface area contributed by atoms with Gasteiger partial charge in [0.2, 0.25) is 10.0 Å². The highest BCUT2D eigenvalue weighted by molar-refractivity contribution is 7.89. The molecular formula is C11H15Cl3N2O2S. The van der Waals surface area contributed by atoms with Gasteiger partial charge in [0, 0.05) is 25.7 Å². The highest BCUT2D eigenvalue weighted by Gasteiger charge is 2.32. The molecule has 1 aliphatic rings. The van der Waals surface area contributed by atoms with Crippen LogP contribution in [0.4, 0.5) is 0 Å². The van der Waals surface area contributed by atoms with E-state index < -0.39 is 10.0 Å². The van der Waals surface area contributed by atoms with Gasteiger partial charge in [0.15, 0.2) is 0 Å². The number of halogens is 3. The van der Waals surface area contributed by atoms with E-state index in [-0.39, 0.29) is 33.4 Å².